The second kappa shape index (κ2) is 4.06. The van der Waals surface area contributed by atoms with Crippen LogP contribution in [-0.2, 0) is 4.79 Å². The summed E-state index contributed by atoms with van der Waals surface area (Å²) in [4.78, 5) is 14.7. The number of hydrogen-bond donors (Lipinski definition) is 1. The van der Waals surface area contributed by atoms with Gasteiger partial charge in [0.2, 0.25) is 5.91 Å². The van der Waals surface area contributed by atoms with Gasteiger partial charge in [-0.25, -0.2) is 0 Å². The second-order valence-electron chi connectivity index (χ2n) is 6.46. The van der Waals surface area contributed by atoms with Gasteiger partial charge in [-0.05, 0) is 59.9 Å². The van der Waals surface area contributed by atoms with Crippen LogP contribution in [0.2, 0.25) is 0 Å². The zero-order valence-corrected chi connectivity index (χ0v) is 12.1. The molecule has 1 saturated heterocycles. The second-order valence-corrected chi connectivity index (χ2v) is 7.24. The van der Waals surface area contributed by atoms with Crippen LogP contribution < -0.4 is 5.32 Å². The fraction of sp³-hybridized carbons (Fsp3) is 0.667. The van der Waals surface area contributed by atoms with E-state index >= 15 is 0 Å². The molecule has 1 aromatic rings. The molecule has 1 aromatic heterocycles. The number of nitrogens with zero attached hydrogens (tertiary/aromatic N) is 1. The predicted octanol–water partition coefficient (Wildman–Crippen LogP) is 2.76. The van der Waals surface area contributed by atoms with Gasteiger partial charge in [0.1, 0.15) is 11.7 Å². The average molecular weight is 276 g/mol. The lowest BCUT2D eigenvalue weighted by Gasteiger charge is -2.26. The molecule has 2 atom stereocenters. The van der Waals surface area contributed by atoms with Crippen molar-refractivity contribution in [3.8, 4) is 0 Å². The first-order valence-corrected chi connectivity index (χ1v) is 8.25. The Labute approximate surface area is 118 Å². The first-order chi connectivity index (χ1) is 9.20. The Balaban J connectivity index is 1.58. The highest BCUT2D eigenvalue weighted by Gasteiger charge is 2.59. The molecule has 3 aliphatic rings. The Morgan fingerprint density at radius 1 is 1.53 bits per heavy atom. The van der Waals surface area contributed by atoms with E-state index in [1.54, 1.807) is 11.3 Å². The molecule has 0 bridgehead atoms. The van der Waals surface area contributed by atoms with Gasteiger partial charge >= 0.3 is 0 Å². The highest BCUT2D eigenvalue weighted by atomic mass is 32.1. The van der Waals surface area contributed by atoms with Gasteiger partial charge in [0.05, 0.1) is 0 Å². The Bertz CT molecular complexity index is 490. The normalized spacial score (nSPS) is 30.1. The Morgan fingerprint density at radius 2 is 2.32 bits per heavy atom. The fourth-order valence-electron chi connectivity index (χ4n) is 3.28. The van der Waals surface area contributed by atoms with Gasteiger partial charge in [-0.2, -0.15) is 11.3 Å². The van der Waals surface area contributed by atoms with Gasteiger partial charge in [-0.3, -0.25) is 10.1 Å². The third-order valence-electron chi connectivity index (χ3n) is 4.92. The standard InChI is InChI=1S/C15H20N2OS/c1-10(11-2-3-11)8-17-13(12-4-7-19-9-12)16-15(5-6-15)14(17)18/h4,7,9-11,13,16H,2-3,5-6,8H2,1H3. The molecule has 2 saturated carbocycles. The minimum absolute atomic E-state index is 0.113. The first-order valence-electron chi connectivity index (χ1n) is 7.30. The van der Waals surface area contributed by atoms with Crippen molar-refractivity contribution in [1.29, 1.82) is 0 Å². The van der Waals surface area contributed by atoms with Gasteiger partial charge < -0.3 is 4.90 Å². The van der Waals surface area contributed by atoms with Crippen molar-refractivity contribution in [3.63, 3.8) is 0 Å². The number of nitrogens with one attached hydrogen (secondary N) is 1. The van der Waals surface area contributed by atoms with Crippen molar-refractivity contribution < 1.29 is 4.79 Å². The van der Waals surface area contributed by atoms with E-state index in [1.807, 2.05) is 0 Å². The number of hydrogen-bond acceptors (Lipinski definition) is 3. The molecule has 1 N–H and O–H groups in total. The van der Waals surface area contributed by atoms with Crippen LogP contribution in [0.1, 0.15) is 44.3 Å². The van der Waals surface area contributed by atoms with Gasteiger partial charge in [0, 0.05) is 6.54 Å². The molecule has 1 spiro atoms. The van der Waals surface area contributed by atoms with Crippen molar-refractivity contribution in [2.45, 2.75) is 44.3 Å². The van der Waals surface area contributed by atoms with Crippen LogP contribution in [0.3, 0.4) is 0 Å². The largest absolute Gasteiger partial charge is 0.321 e. The summed E-state index contributed by atoms with van der Waals surface area (Å²) < 4.78 is 0. The van der Waals surface area contributed by atoms with Gasteiger partial charge in [0.15, 0.2) is 0 Å². The maximum absolute atomic E-state index is 12.6. The molecule has 102 valence electrons. The number of carbonyl (C=O) groups excluding carboxylic acids is 1. The summed E-state index contributed by atoms with van der Waals surface area (Å²) in [6.07, 6.45) is 4.85. The highest BCUT2D eigenvalue weighted by molar-refractivity contribution is 7.07. The number of carbonyl (C=O) groups is 1. The lowest BCUT2D eigenvalue weighted by atomic mass is 10.1. The molecule has 4 heteroatoms. The van der Waals surface area contributed by atoms with Crippen molar-refractivity contribution >= 4 is 17.2 Å². The summed E-state index contributed by atoms with van der Waals surface area (Å²) >= 11 is 1.71. The SMILES string of the molecule is CC(CN1C(=O)C2(CC2)NC1c1ccsc1)C1CC1. The molecule has 3 fully saturated rings. The summed E-state index contributed by atoms with van der Waals surface area (Å²) in [6.45, 7) is 3.21. The van der Waals surface area contributed by atoms with E-state index < -0.39 is 0 Å². The third-order valence-corrected chi connectivity index (χ3v) is 5.62. The quantitative estimate of drug-likeness (QED) is 0.917. The summed E-state index contributed by atoms with van der Waals surface area (Å²) in [5.41, 5.74) is 1.06. The molecular formula is C15H20N2OS. The molecule has 3 nitrogen and oxygen atoms in total. The van der Waals surface area contributed by atoms with Crippen LogP contribution in [0, 0.1) is 11.8 Å². The van der Waals surface area contributed by atoms with Crippen molar-refractivity contribution in [3.05, 3.63) is 22.4 Å². The van der Waals surface area contributed by atoms with Crippen LogP contribution in [0.15, 0.2) is 16.8 Å². The van der Waals surface area contributed by atoms with E-state index in [0.717, 1.165) is 25.3 Å². The zero-order valence-electron chi connectivity index (χ0n) is 11.3. The molecule has 1 amide bonds. The minimum Gasteiger partial charge on any atom is -0.321 e. The lowest BCUT2D eigenvalue weighted by molar-refractivity contribution is -0.131. The third kappa shape index (κ3) is 1.93. The maximum Gasteiger partial charge on any atom is 0.244 e. The van der Waals surface area contributed by atoms with Crippen LogP contribution in [0.25, 0.3) is 0 Å². The smallest absolute Gasteiger partial charge is 0.244 e. The number of amides is 1. The zero-order chi connectivity index (χ0) is 13.0. The van der Waals surface area contributed by atoms with Gasteiger partial charge in [0.25, 0.3) is 0 Å². The lowest BCUT2D eigenvalue weighted by Crippen LogP contribution is -2.35. The number of rotatable bonds is 4. The van der Waals surface area contributed by atoms with Crippen molar-refractivity contribution in [2.24, 2.45) is 11.8 Å². The van der Waals surface area contributed by atoms with E-state index in [2.05, 4.69) is 34.0 Å². The Kier molecular flexibility index (Phi) is 2.55. The molecule has 0 aromatic carbocycles. The number of thiophene rings is 1. The molecule has 1 aliphatic heterocycles. The van der Waals surface area contributed by atoms with E-state index in [0.29, 0.717) is 11.8 Å². The maximum atomic E-state index is 12.6. The van der Waals surface area contributed by atoms with Crippen LogP contribution >= 0.6 is 11.3 Å². The van der Waals surface area contributed by atoms with Crippen LogP contribution in [-0.4, -0.2) is 22.9 Å². The summed E-state index contributed by atoms with van der Waals surface area (Å²) in [5.74, 6) is 1.84. The Morgan fingerprint density at radius 3 is 2.89 bits per heavy atom. The monoisotopic (exact) mass is 276 g/mol. The highest BCUT2D eigenvalue weighted by Crippen LogP contribution is 2.47. The van der Waals surface area contributed by atoms with Crippen LogP contribution in [0.5, 0.6) is 0 Å². The fourth-order valence-corrected chi connectivity index (χ4v) is 3.96. The summed E-state index contributed by atoms with van der Waals surface area (Å²) in [7, 11) is 0. The topological polar surface area (TPSA) is 32.3 Å². The average Bonchev–Trinajstić information content (AvgIpc) is 3.31. The van der Waals surface area contributed by atoms with E-state index in [4.69, 9.17) is 0 Å². The van der Waals surface area contributed by atoms with E-state index in [-0.39, 0.29) is 11.7 Å². The molecule has 0 radical (unpaired) electrons. The molecular weight excluding hydrogens is 256 g/mol. The first kappa shape index (κ1) is 11.9. The van der Waals surface area contributed by atoms with Crippen molar-refractivity contribution in [1.82, 2.24) is 10.2 Å². The Hall–Kier alpha value is -0.870. The molecule has 2 heterocycles. The molecule has 4 rings (SSSR count). The van der Waals surface area contributed by atoms with Crippen LogP contribution in [0.4, 0.5) is 0 Å². The van der Waals surface area contributed by atoms with E-state index in [9.17, 15) is 4.79 Å². The summed E-state index contributed by atoms with van der Waals surface area (Å²) in [5, 5.41) is 7.86. The molecule has 2 aliphatic carbocycles. The van der Waals surface area contributed by atoms with E-state index in [1.165, 1.54) is 18.4 Å². The predicted molar refractivity (Wildman–Crippen MR) is 75.8 cm³/mol. The van der Waals surface area contributed by atoms with Gasteiger partial charge in [-0.15, -0.1) is 0 Å². The summed E-state index contributed by atoms with van der Waals surface area (Å²) in [6, 6.07) is 2.14. The molecule has 2 unspecified atom stereocenters. The van der Waals surface area contributed by atoms with Gasteiger partial charge in [-0.1, -0.05) is 6.92 Å². The molecule has 19 heavy (non-hydrogen) atoms. The minimum atomic E-state index is -0.199. The van der Waals surface area contributed by atoms with Crippen molar-refractivity contribution in [2.75, 3.05) is 6.54 Å².